The quantitative estimate of drug-likeness (QED) is 0.132. The Morgan fingerprint density at radius 3 is 1.40 bits per heavy atom. The van der Waals surface area contributed by atoms with E-state index in [4.69, 9.17) is 19.4 Å². The van der Waals surface area contributed by atoms with Crippen LogP contribution in [-0.4, -0.2) is 90.7 Å². The molecule has 13 unspecified atom stereocenters. The first-order valence-electron chi connectivity index (χ1n) is 18.9. The molecule has 258 valence electrons. The van der Waals surface area contributed by atoms with Crippen LogP contribution in [0.1, 0.15) is 47.0 Å². The van der Waals surface area contributed by atoms with Crippen LogP contribution >= 0.6 is 8.53 Å². The van der Waals surface area contributed by atoms with Gasteiger partial charge < -0.3 is 24.0 Å². The lowest BCUT2D eigenvalue weighted by atomic mass is 9.50. The van der Waals surface area contributed by atoms with Gasteiger partial charge in [-0.2, -0.15) is 5.26 Å². The molecule has 7 nitrogen and oxygen atoms in total. The van der Waals surface area contributed by atoms with Crippen molar-refractivity contribution >= 4 is 8.53 Å². The molecule has 0 radical (unpaired) electrons. The van der Waals surface area contributed by atoms with E-state index in [9.17, 15) is 0 Å². The zero-order chi connectivity index (χ0) is 32.7. The molecule has 1 N–H and O–H groups in total. The van der Waals surface area contributed by atoms with E-state index in [1.807, 2.05) is 0 Å². The lowest BCUT2D eigenvalue weighted by Crippen LogP contribution is -2.49. The van der Waals surface area contributed by atoms with E-state index >= 15 is 0 Å². The van der Waals surface area contributed by atoms with Gasteiger partial charge in [0.15, 0.2) is 0 Å². The molecule has 2 aliphatic heterocycles. The van der Waals surface area contributed by atoms with Gasteiger partial charge in [-0.3, -0.25) is 0 Å². The van der Waals surface area contributed by atoms with E-state index in [-0.39, 0.29) is 0 Å². The Labute approximate surface area is 285 Å². The Kier molecular flexibility index (Phi) is 10.8. The molecular weight excluding hydrogens is 603 g/mol. The molecule has 0 aromatic heterocycles. The summed E-state index contributed by atoms with van der Waals surface area (Å²) >= 11 is 0. The number of rotatable bonds is 14. The van der Waals surface area contributed by atoms with Gasteiger partial charge in [0.1, 0.15) is 0 Å². The molecule has 2 saturated carbocycles. The zero-order valence-corrected chi connectivity index (χ0v) is 30.1. The lowest BCUT2D eigenvalue weighted by molar-refractivity contribution is 0.0672. The smallest absolute Gasteiger partial charge is 0.259 e. The molecule has 47 heavy (non-hydrogen) atoms. The van der Waals surface area contributed by atoms with E-state index in [2.05, 4.69) is 96.8 Å². The number of nitrogens with zero attached hydrogens (tertiary/aromatic N) is 4. The average Bonchev–Trinajstić information content (AvgIpc) is 3.65. The van der Waals surface area contributed by atoms with Crippen molar-refractivity contribution in [3.63, 3.8) is 0 Å². The Morgan fingerprint density at radius 2 is 1.04 bits per heavy atom. The third kappa shape index (κ3) is 6.63. The molecule has 0 spiro atoms. The standard InChI is InChI=1S/C24H38N3O2P.C15H21NO/c1-17(2)27(18(3)4)30(28-13-5-11-25)29-14-6-12-26-15-23-21-9-10-22(24(23)16-26)20-8-7-19(20)21;17-7-1-6-16-8-14-12-4-5-13(15(14)9-16)11-3-2-10(11)12/h7-10,17-24H,5-6,12-16H2,1-4H3;2-5,10-15,17H,1,6-9H2. The number of likely N-dealkylation sites (tertiary alicyclic amines) is 2. The molecule has 13 atom stereocenters. The van der Waals surface area contributed by atoms with Crippen molar-refractivity contribution in [1.82, 2.24) is 14.5 Å². The maximum atomic E-state index is 8.95. The van der Waals surface area contributed by atoms with Crippen LogP contribution in [0, 0.1) is 82.3 Å². The molecule has 0 aromatic carbocycles. The minimum Gasteiger partial charge on any atom is -0.396 e. The fraction of sp³-hybridized carbons (Fsp3) is 0.769. The summed E-state index contributed by atoms with van der Waals surface area (Å²) in [6.07, 6.45) is 22.3. The van der Waals surface area contributed by atoms with E-state index in [1.165, 1.54) is 26.2 Å². The topological polar surface area (TPSA) is 72.2 Å². The Bertz CT molecular complexity index is 1180. The van der Waals surface area contributed by atoms with Crippen molar-refractivity contribution in [3.05, 3.63) is 48.6 Å². The zero-order valence-electron chi connectivity index (χ0n) is 29.2. The Morgan fingerprint density at radius 1 is 0.660 bits per heavy atom. The summed E-state index contributed by atoms with van der Waals surface area (Å²) in [5.41, 5.74) is 0. The highest BCUT2D eigenvalue weighted by molar-refractivity contribution is 7.44. The normalized spacial score (nSPS) is 40.5. The SMILES string of the molecule is CC(C)N(C(C)C)P(OCCC#N)OCCCN1CC2C3C=CC(C4C=CC43)C2C1.OCCCN1CC2C3C=CC(C4C=CC43)C2C1. The van der Waals surface area contributed by atoms with Crippen LogP contribution in [-0.2, 0) is 9.05 Å². The summed E-state index contributed by atoms with van der Waals surface area (Å²) in [6.45, 7) is 17.5. The highest BCUT2D eigenvalue weighted by atomic mass is 31.2. The Balaban J connectivity index is 0.000000173. The summed E-state index contributed by atoms with van der Waals surface area (Å²) in [6, 6.07) is 2.87. The van der Waals surface area contributed by atoms with Crippen LogP contribution in [0.5, 0.6) is 0 Å². The van der Waals surface area contributed by atoms with Crippen molar-refractivity contribution in [3.8, 4) is 6.07 Å². The van der Waals surface area contributed by atoms with Crippen molar-refractivity contribution in [2.75, 3.05) is 59.1 Å². The predicted molar refractivity (Wildman–Crippen MR) is 189 cm³/mol. The first-order chi connectivity index (χ1) is 22.9. The maximum Gasteiger partial charge on any atom is 0.259 e. The summed E-state index contributed by atoms with van der Waals surface area (Å²) in [7, 11) is -1.11. The van der Waals surface area contributed by atoms with Crippen LogP contribution < -0.4 is 0 Å². The number of hydrogen-bond donors (Lipinski definition) is 1. The van der Waals surface area contributed by atoms with E-state index < -0.39 is 8.53 Å². The van der Waals surface area contributed by atoms with Crippen LogP contribution in [0.3, 0.4) is 0 Å². The third-order valence-electron chi connectivity index (χ3n) is 13.0. The van der Waals surface area contributed by atoms with Crippen LogP contribution in [0.2, 0.25) is 0 Å². The van der Waals surface area contributed by atoms with Crippen LogP contribution in [0.15, 0.2) is 48.6 Å². The molecule has 2 heterocycles. The fourth-order valence-corrected chi connectivity index (χ4v) is 12.6. The van der Waals surface area contributed by atoms with Crippen LogP contribution in [0.4, 0.5) is 0 Å². The highest BCUT2D eigenvalue weighted by Gasteiger charge is 2.56. The predicted octanol–water partition coefficient (Wildman–Crippen LogP) is 6.37. The highest BCUT2D eigenvalue weighted by Crippen LogP contribution is 2.59. The minimum atomic E-state index is -1.11. The van der Waals surface area contributed by atoms with E-state index in [0.717, 1.165) is 104 Å². The summed E-state index contributed by atoms with van der Waals surface area (Å²) in [5, 5.41) is 17.8. The summed E-state index contributed by atoms with van der Waals surface area (Å²) < 4.78 is 14.6. The molecule has 10 rings (SSSR count). The van der Waals surface area contributed by atoms with Gasteiger partial charge >= 0.3 is 0 Å². The summed E-state index contributed by atoms with van der Waals surface area (Å²) in [4.78, 5) is 5.27. The third-order valence-corrected chi connectivity index (χ3v) is 15.1. The number of aliphatic hydroxyl groups is 1. The lowest BCUT2D eigenvalue weighted by Gasteiger charge is -2.53. The number of hydrogen-bond acceptors (Lipinski definition) is 7. The van der Waals surface area contributed by atoms with Gasteiger partial charge in [-0.05, 0) is 112 Å². The van der Waals surface area contributed by atoms with E-state index in [0.29, 0.717) is 31.7 Å². The molecule has 0 aromatic rings. The Hall–Kier alpha value is -1.36. The van der Waals surface area contributed by atoms with Gasteiger partial charge in [0.05, 0.1) is 25.7 Å². The second kappa shape index (κ2) is 14.9. The second-order valence-electron chi connectivity index (χ2n) is 16.1. The minimum absolute atomic E-state index is 0.337. The first-order valence-corrected chi connectivity index (χ1v) is 20.0. The second-order valence-corrected chi connectivity index (χ2v) is 17.6. The molecular formula is C39H59N4O3P. The molecule has 4 fully saturated rings. The average molecular weight is 663 g/mol. The maximum absolute atomic E-state index is 8.95. The molecule has 10 aliphatic rings. The van der Waals surface area contributed by atoms with Gasteiger partial charge in [-0.15, -0.1) is 0 Å². The van der Waals surface area contributed by atoms with E-state index in [1.54, 1.807) is 0 Å². The van der Waals surface area contributed by atoms with Crippen molar-refractivity contribution in [2.24, 2.45) is 71.0 Å². The van der Waals surface area contributed by atoms with Gasteiger partial charge in [-0.1, -0.05) is 48.6 Å². The molecule has 2 saturated heterocycles. The molecule has 8 aliphatic carbocycles. The van der Waals surface area contributed by atoms with Crippen molar-refractivity contribution < 1.29 is 14.2 Å². The van der Waals surface area contributed by atoms with Gasteiger partial charge in [-0.25, -0.2) is 4.67 Å². The molecule has 0 amide bonds. The van der Waals surface area contributed by atoms with Crippen molar-refractivity contribution in [2.45, 2.75) is 59.0 Å². The fourth-order valence-electron chi connectivity index (χ4n) is 10.9. The summed E-state index contributed by atoms with van der Waals surface area (Å²) in [5.74, 6) is 10.1. The van der Waals surface area contributed by atoms with Crippen molar-refractivity contribution in [1.29, 1.82) is 5.26 Å². The number of aliphatic hydroxyl groups excluding tert-OH is 1. The van der Waals surface area contributed by atoms with Gasteiger partial charge in [0.2, 0.25) is 0 Å². The molecule has 8 heteroatoms. The first kappa shape index (κ1) is 34.1. The van der Waals surface area contributed by atoms with Crippen LogP contribution in [0.25, 0.3) is 0 Å². The van der Waals surface area contributed by atoms with Gasteiger partial charge in [0, 0.05) is 58.0 Å². The monoisotopic (exact) mass is 662 g/mol. The largest absolute Gasteiger partial charge is 0.396 e. The molecule has 4 bridgehead atoms. The van der Waals surface area contributed by atoms with Gasteiger partial charge in [0.25, 0.3) is 8.53 Å². The number of allylic oxidation sites excluding steroid dienone is 8. The number of nitriles is 1.